The van der Waals surface area contributed by atoms with Gasteiger partial charge < -0.3 is 10.4 Å². The topological polar surface area (TPSA) is 49.3 Å². The number of benzene rings is 1. The minimum absolute atomic E-state index is 0.109. The molecule has 94 valence electrons. The number of carbonyl (C=O) groups excluding carboxylic acids is 1. The van der Waals surface area contributed by atoms with E-state index >= 15 is 0 Å². The van der Waals surface area contributed by atoms with Crippen LogP contribution in [0.4, 0.5) is 0 Å². The second-order valence-corrected chi connectivity index (χ2v) is 4.74. The summed E-state index contributed by atoms with van der Waals surface area (Å²) in [5.41, 5.74) is 1.18. The van der Waals surface area contributed by atoms with Crippen molar-refractivity contribution in [3.63, 3.8) is 0 Å². The maximum absolute atomic E-state index is 11.8. The number of amides is 1. The summed E-state index contributed by atoms with van der Waals surface area (Å²) in [6.45, 7) is 6.77. The molecule has 0 heterocycles. The maximum atomic E-state index is 11.8. The van der Waals surface area contributed by atoms with Crippen molar-refractivity contribution in [2.75, 3.05) is 6.54 Å². The first-order valence-electron chi connectivity index (χ1n) is 6.09. The minimum Gasteiger partial charge on any atom is -0.508 e. The molecule has 0 aliphatic rings. The zero-order chi connectivity index (χ0) is 12.8. The fourth-order valence-corrected chi connectivity index (χ4v) is 1.68. The van der Waals surface area contributed by atoms with Crippen molar-refractivity contribution in [3.05, 3.63) is 29.3 Å². The third-order valence-corrected chi connectivity index (χ3v) is 2.79. The van der Waals surface area contributed by atoms with Crippen LogP contribution in [0.1, 0.15) is 42.6 Å². The summed E-state index contributed by atoms with van der Waals surface area (Å²) in [5, 5.41) is 12.4. The van der Waals surface area contributed by atoms with Crippen molar-refractivity contribution in [1.29, 1.82) is 0 Å². The Morgan fingerprint density at radius 2 is 2.12 bits per heavy atom. The third-order valence-electron chi connectivity index (χ3n) is 2.79. The predicted molar refractivity (Wildman–Crippen MR) is 69.2 cm³/mol. The highest BCUT2D eigenvalue weighted by Crippen LogP contribution is 2.19. The molecule has 0 bridgehead atoms. The first-order valence-corrected chi connectivity index (χ1v) is 6.09. The molecule has 3 nitrogen and oxygen atoms in total. The second-order valence-electron chi connectivity index (χ2n) is 4.74. The molecular weight excluding hydrogens is 214 g/mol. The normalized spacial score (nSPS) is 10.6. The second kappa shape index (κ2) is 6.28. The van der Waals surface area contributed by atoms with E-state index in [1.807, 2.05) is 0 Å². The Hall–Kier alpha value is -1.51. The highest BCUT2D eigenvalue weighted by molar-refractivity contribution is 5.96. The Kier molecular flexibility index (Phi) is 5.01. The van der Waals surface area contributed by atoms with Crippen molar-refractivity contribution in [2.45, 2.75) is 33.6 Å². The first-order chi connectivity index (χ1) is 8.02. The summed E-state index contributed by atoms with van der Waals surface area (Å²) in [4.78, 5) is 11.8. The lowest BCUT2D eigenvalue weighted by molar-refractivity contribution is 0.0951. The summed E-state index contributed by atoms with van der Waals surface area (Å²) in [6, 6.07) is 5.00. The maximum Gasteiger partial charge on any atom is 0.251 e. The van der Waals surface area contributed by atoms with E-state index in [2.05, 4.69) is 19.2 Å². The van der Waals surface area contributed by atoms with Crippen LogP contribution in [0, 0.1) is 12.8 Å². The lowest BCUT2D eigenvalue weighted by atomic mass is 10.1. The van der Waals surface area contributed by atoms with Gasteiger partial charge in [-0.15, -0.1) is 0 Å². The molecule has 0 fully saturated rings. The van der Waals surface area contributed by atoms with Crippen LogP contribution in [-0.2, 0) is 0 Å². The molecule has 17 heavy (non-hydrogen) atoms. The highest BCUT2D eigenvalue weighted by atomic mass is 16.3. The van der Waals surface area contributed by atoms with E-state index in [0.717, 1.165) is 12.8 Å². The SMILES string of the molecule is Cc1c(O)cccc1C(=O)NCCCC(C)C. The molecule has 0 saturated carbocycles. The zero-order valence-electron chi connectivity index (χ0n) is 10.8. The first kappa shape index (κ1) is 13.6. The molecule has 0 aromatic heterocycles. The zero-order valence-corrected chi connectivity index (χ0v) is 10.8. The smallest absolute Gasteiger partial charge is 0.251 e. The summed E-state index contributed by atoms with van der Waals surface area (Å²) in [7, 11) is 0. The molecule has 0 aliphatic carbocycles. The van der Waals surface area contributed by atoms with Crippen LogP contribution < -0.4 is 5.32 Å². The van der Waals surface area contributed by atoms with Crippen LogP contribution in [0.3, 0.4) is 0 Å². The van der Waals surface area contributed by atoms with Crippen molar-refractivity contribution in [2.24, 2.45) is 5.92 Å². The van der Waals surface area contributed by atoms with Gasteiger partial charge in [0.05, 0.1) is 0 Å². The molecule has 2 N–H and O–H groups in total. The van der Waals surface area contributed by atoms with Gasteiger partial charge in [0, 0.05) is 17.7 Å². The van der Waals surface area contributed by atoms with Crippen LogP contribution in [-0.4, -0.2) is 17.6 Å². The van der Waals surface area contributed by atoms with Crippen LogP contribution in [0.25, 0.3) is 0 Å². The van der Waals surface area contributed by atoms with Crippen molar-refractivity contribution < 1.29 is 9.90 Å². The van der Waals surface area contributed by atoms with E-state index in [1.165, 1.54) is 0 Å². The van der Waals surface area contributed by atoms with Gasteiger partial charge in [-0.2, -0.15) is 0 Å². The molecule has 0 radical (unpaired) electrons. The molecule has 0 spiro atoms. The van der Waals surface area contributed by atoms with Crippen molar-refractivity contribution in [3.8, 4) is 5.75 Å². The number of aromatic hydroxyl groups is 1. The number of phenolic OH excluding ortho intramolecular Hbond substituents is 1. The molecule has 1 rings (SSSR count). The summed E-state index contributed by atoms with van der Waals surface area (Å²) >= 11 is 0. The van der Waals surface area contributed by atoms with E-state index in [-0.39, 0.29) is 11.7 Å². The molecule has 0 saturated heterocycles. The van der Waals surface area contributed by atoms with E-state index in [9.17, 15) is 9.90 Å². The van der Waals surface area contributed by atoms with Gasteiger partial charge in [-0.25, -0.2) is 0 Å². The molecule has 0 aliphatic heterocycles. The van der Waals surface area contributed by atoms with Crippen LogP contribution >= 0.6 is 0 Å². The van der Waals surface area contributed by atoms with Gasteiger partial charge in [-0.3, -0.25) is 4.79 Å². The summed E-state index contributed by atoms with van der Waals surface area (Å²) < 4.78 is 0. The highest BCUT2D eigenvalue weighted by Gasteiger charge is 2.10. The van der Waals surface area contributed by atoms with Gasteiger partial charge in [-0.1, -0.05) is 19.9 Å². The Balaban J connectivity index is 2.50. The quantitative estimate of drug-likeness (QED) is 0.771. The standard InChI is InChI=1S/C14H21NO2/c1-10(2)6-5-9-15-14(17)12-7-4-8-13(16)11(12)3/h4,7-8,10,16H,5-6,9H2,1-3H3,(H,15,17). The molecule has 1 aromatic rings. The fourth-order valence-electron chi connectivity index (χ4n) is 1.68. The van der Waals surface area contributed by atoms with Crippen LogP contribution in [0.5, 0.6) is 5.75 Å². The predicted octanol–water partition coefficient (Wildman–Crippen LogP) is 2.87. The van der Waals surface area contributed by atoms with Gasteiger partial charge in [-0.05, 0) is 37.8 Å². The average molecular weight is 235 g/mol. The third kappa shape index (κ3) is 4.10. The molecule has 1 aromatic carbocycles. The number of carbonyl (C=O) groups is 1. The lowest BCUT2D eigenvalue weighted by Gasteiger charge is -2.09. The lowest BCUT2D eigenvalue weighted by Crippen LogP contribution is -2.25. The molecular formula is C14H21NO2. The summed E-state index contributed by atoms with van der Waals surface area (Å²) in [5.74, 6) is 0.719. The number of phenols is 1. The van der Waals surface area contributed by atoms with Gasteiger partial charge >= 0.3 is 0 Å². The van der Waals surface area contributed by atoms with Gasteiger partial charge in [0.1, 0.15) is 5.75 Å². The summed E-state index contributed by atoms with van der Waals surface area (Å²) in [6.07, 6.45) is 2.10. The van der Waals surface area contributed by atoms with Gasteiger partial charge in [0.15, 0.2) is 0 Å². The van der Waals surface area contributed by atoms with Crippen molar-refractivity contribution >= 4 is 5.91 Å². The van der Waals surface area contributed by atoms with E-state index < -0.39 is 0 Å². The van der Waals surface area contributed by atoms with Gasteiger partial charge in [0.25, 0.3) is 5.91 Å². The van der Waals surface area contributed by atoms with Crippen LogP contribution in [0.2, 0.25) is 0 Å². The molecule has 3 heteroatoms. The Morgan fingerprint density at radius 1 is 1.41 bits per heavy atom. The number of hydrogen-bond acceptors (Lipinski definition) is 2. The average Bonchev–Trinajstić information content (AvgIpc) is 2.27. The van der Waals surface area contributed by atoms with Crippen molar-refractivity contribution in [1.82, 2.24) is 5.32 Å². The largest absolute Gasteiger partial charge is 0.508 e. The van der Waals surface area contributed by atoms with E-state index in [4.69, 9.17) is 0 Å². The monoisotopic (exact) mass is 235 g/mol. The molecule has 0 unspecified atom stereocenters. The molecule has 0 atom stereocenters. The van der Waals surface area contributed by atoms with Gasteiger partial charge in [0.2, 0.25) is 0 Å². The Bertz CT molecular complexity index is 386. The van der Waals surface area contributed by atoms with E-state index in [0.29, 0.717) is 23.6 Å². The number of rotatable bonds is 5. The number of nitrogens with one attached hydrogen (secondary N) is 1. The Labute approximate surface area is 103 Å². The molecule has 1 amide bonds. The fraction of sp³-hybridized carbons (Fsp3) is 0.500. The number of hydrogen-bond donors (Lipinski definition) is 2. The van der Waals surface area contributed by atoms with Crippen LogP contribution in [0.15, 0.2) is 18.2 Å². The Morgan fingerprint density at radius 3 is 2.76 bits per heavy atom. The minimum atomic E-state index is -0.109. The van der Waals surface area contributed by atoms with E-state index in [1.54, 1.807) is 25.1 Å².